The molecule has 0 saturated carbocycles. The van der Waals surface area contributed by atoms with E-state index in [9.17, 15) is 0 Å². The smallest absolute Gasteiger partial charge is 0.284 e. The third-order valence-corrected chi connectivity index (χ3v) is 4.13. The molecule has 6 heteroatoms. The Morgan fingerprint density at radius 1 is 1.33 bits per heavy atom. The molecule has 18 heavy (non-hydrogen) atoms. The molecular formula is C12H17N3OS2. The van der Waals surface area contributed by atoms with E-state index >= 15 is 0 Å². The second-order valence-corrected chi connectivity index (χ2v) is 6.93. The number of hydrogen-bond donors (Lipinski definition) is 1. The zero-order chi connectivity index (χ0) is 13.5. The summed E-state index contributed by atoms with van der Waals surface area (Å²) < 4.78 is 5.40. The zero-order valence-electron chi connectivity index (χ0n) is 11.2. The van der Waals surface area contributed by atoms with E-state index in [1.165, 1.54) is 0 Å². The summed E-state index contributed by atoms with van der Waals surface area (Å²) in [6.45, 7) is 10.7. The quantitative estimate of drug-likeness (QED) is 0.836. The van der Waals surface area contributed by atoms with E-state index < -0.39 is 0 Å². The van der Waals surface area contributed by atoms with Gasteiger partial charge in [0.2, 0.25) is 0 Å². The van der Waals surface area contributed by atoms with Crippen LogP contribution in [0.15, 0.2) is 4.42 Å². The van der Waals surface area contributed by atoms with Gasteiger partial charge in [0.15, 0.2) is 0 Å². The Kier molecular flexibility index (Phi) is 3.42. The fraction of sp³-hybridized carbons (Fsp3) is 0.583. The van der Waals surface area contributed by atoms with Crippen LogP contribution in [0.1, 0.15) is 51.2 Å². The molecule has 0 spiro atoms. The highest BCUT2D eigenvalue weighted by Crippen LogP contribution is 2.37. The van der Waals surface area contributed by atoms with Crippen LogP contribution < -0.4 is 0 Å². The van der Waals surface area contributed by atoms with Gasteiger partial charge in [-0.2, -0.15) is 0 Å². The minimum absolute atomic E-state index is 0.0274. The maximum Gasteiger partial charge on any atom is 0.284 e. The van der Waals surface area contributed by atoms with Crippen LogP contribution in [0.4, 0.5) is 0 Å². The molecule has 2 heterocycles. The molecule has 0 saturated heterocycles. The predicted molar refractivity (Wildman–Crippen MR) is 75.6 cm³/mol. The Bertz CT molecular complexity index is 601. The Morgan fingerprint density at radius 3 is 2.44 bits per heavy atom. The summed E-state index contributed by atoms with van der Waals surface area (Å²) >= 11 is 6.55. The van der Waals surface area contributed by atoms with E-state index in [-0.39, 0.29) is 5.41 Å². The Morgan fingerprint density at radius 2 is 2.00 bits per heavy atom. The Hall–Kier alpha value is -1.01. The average Bonchev–Trinajstić information content (AvgIpc) is 2.81. The molecule has 0 amide bonds. The fourth-order valence-corrected chi connectivity index (χ4v) is 2.85. The third-order valence-electron chi connectivity index (χ3n) is 2.47. The van der Waals surface area contributed by atoms with Crippen LogP contribution in [0.3, 0.4) is 0 Å². The van der Waals surface area contributed by atoms with Gasteiger partial charge in [-0.1, -0.05) is 34.6 Å². The third kappa shape index (κ3) is 2.54. The molecule has 0 aliphatic carbocycles. The van der Waals surface area contributed by atoms with E-state index in [1.807, 2.05) is 0 Å². The van der Waals surface area contributed by atoms with Crippen molar-refractivity contribution in [1.29, 1.82) is 0 Å². The zero-order valence-corrected chi connectivity index (χ0v) is 12.8. The summed E-state index contributed by atoms with van der Waals surface area (Å²) in [5, 5.41) is 7.85. The number of aromatic amines is 1. The van der Waals surface area contributed by atoms with Crippen LogP contribution in [0, 0.1) is 4.84 Å². The van der Waals surface area contributed by atoms with Crippen molar-refractivity contribution in [2.75, 3.05) is 0 Å². The predicted octanol–water partition coefficient (Wildman–Crippen LogP) is 4.28. The first-order valence-electron chi connectivity index (χ1n) is 5.86. The van der Waals surface area contributed by atoms with Gasteiger partial charge in [-0.05, 0) is 18.1 Å². The summed E-state index contributed by atoms with van der Waals surface area (Å²) in [6.07, 6.45) is 0. The van der Waals surface area contributed by atoms with Gasteiger partial charge < -0.3 is 4.42 Å². The molecule has 2 aromatic heterocycles. The van der Waals surface area contributed by atoms with Gasteiger partial charge in [-0.3, -0.25) is 0 Å². The lowest BCUT2D eigenvalue weighted by Gasteiger charge is -2.13. The first-order chi connectivity index (χ1) is 8.29. The lowest BCUT2D eigenvalue weighted by molar-refractivity contribution is 0.551. The molecule has 2 rings (SSSR count). The first-order valence-corrected chi connectivity index (χ1v) is 7.08. The van der Waals surface area contributed by atoms with Gasteiger partial charge in [-0.15, -0.1) is 16.4 Å². The molecule has 4 nitrogen and oxygen atoms in total. The maximum atomic E-state index is 5.40. The lowest BCUT2D eigenvalue weighted by Crippen LogP contribution is -2.10. The number of nitrogens with zero attached hydrogens (tertiary/aromatic N) is 2. The molecule has 0 aliphatic rings. The fourth-order valence-electron chi connectivity index (χ4n) is 1.52. The van der Waals surface area contributed by atoms with Crippen molar-refractivity contribution in [3.63, 3.8) is 0 Å². The van der Waals surface area contributed by atoms with Crippen molar-refractivity contribution in [3.05, 3.63) is 15.5 Å². The number of rotatable bonds is 2. The SMILES string of the molecule is CC(C)c1nc(C(C)(C)C)sc1-c1n[nH]c(=S)o1. The van der Waals surface area contributed by atoms with E-state index in [0.29, 0.717) is 16.6 Å². The van der Waals surface area contributed by atoms with Crippen molar-refractivity contribution < 1.29 is 4.42 Å². The highest BCUT2D eigenvalue weighted by atomic mass is 32.1. The van der Waals surface area contributed by atoms with Crippen molar-refractivity contribution in [1.82, 2.24) is 15.2 Å². The van der Waals surface area contributed by atoms with Gasteiger partial charge in [-0.25, -0.2) is 10.1 Å². The minimum Gasteiger partial charge on any atom is -0.408 e. The standard InChI is InChI=1S/C12H17N3OS2/c1-6(2)7-8(9-14-15-11(17)16-9)18-10(13-7)12(3,4)5/h6H,1-5H3,(H,15,17). The van der Waals surface area contributed by atoms with E-state index in [1.54, 1.807) is 11.3 Å². The molecule has 0 unspecified atom stereocenters. The average molecular weight is 283 g/mol. The molecule has 0 fully saturated rings. The second-order valence-electron chi connectivity index (χ2n) is 5.56. The summed E-state index contributed by atoms with van der Waals surface area (Å²) in [7, 11) is 0. The van der Waals surface area contributed by atoms with Crippen molar-refractivity contribution >= 4 is 23.6 Å². The van der Waals surface area contributed by atoms with Crippen LogP contribution in [0.5, 0.6) is 0 Å². The van der Waals surface area contributed by atoms with E-state index in [4.69, 9.17) is 21.6 Å². The number of thiazole rings is 1. The van der Waals surface area contributed by atoms with Gasteiger partial charge in [0, 0.05) is 5.41 Å². The molecule has 98 valence electrons. The topological polar surface area (TPSA) is 54.7 Å². The summed E-state index contributed by atoms with van der Waals surface area (Å²) in [5.74, 6) is 0.865. The van der Waals surface area contributed by atoms with Crippen molar-refractivity contribution in [2.24, 2.45) is 0 Å². The van der Waals surface area contributed by atoms with E-state index in [0.717, 1.165) is 15.6 Å². The minimum atomic E-state index is 0.0274. The highest BCUT2D eigenvalue weighted by Gasteiger charge is 2.25. The molecular weight excluding hydrogens is 266 g/mol. The molecule has 1 N–H and O–H groups in total. The summed E-state index contributed by atoms with van der Waals surface area (Å²) in [4.78, 5) is 6.01. The lowest BCUT2D eigenvalue weighted by atomic mass is 9.98. The molecule has 0 aliphatic heterocycles. The molecule has 0 bridgehead atoms. The van der Waals surface area contributed by atoms with Crippen LogP contribution in [0.2, 0.25) is 0 Å². The van der Waals surface area contributed by atoms with Crippen molar-refractivity contribution in [2.45, 2.75) is 46.0 Å². The molecule has 2 aromatic rings. The number of aromatic nitrogens is 3. The largest absolute Gasteiger partial charge is 0.408 e. The van der Waals surface area contributed by atoms with Gasteiger partial charge >= 0.3 is 0 Å². The highest BCUT2D eigenvalue weighted by molar-refractivity contribution is 7.71. The monoisotopic (exact) mass is 283 g/mol. The number of hydrogen-bond acceptors (Lipinski definition) is 5. The molecule has 0 atom stereocenters. The summed E-state index contributed by atoms with van der Waals surface area (Å²) in [5.41, 5.74) is 1.05. The first kappa shape index (κ1) is 13.4. The van der Waals surface area contributed by atoms with Crippen LogP contribution >= 0.6 is 23.6 Å². The molecule has 0 radical (unpaired) electrons. The molecule has 0 aromatic carbocycles. The van der Waals surface area contributed by atoms with Gasteiger partial charge in [0.1, 0.15) is 4.88 Å². The second kappa shape index (κ2) is 4.59. The Balaban J connectivity index is 2.59. The van der Waals surface area contributed by atoms with Gasteiger partial charge in [0.05, 0.1) is 10.7 Å². The van der Waals surface area contributed by atoms with Crippen molar-refractivity contribution in [3.8, 4) is 10.8 Å². The summed E-state index contributed by atoms with van der Waals surface area (Å²) in [6, 6.07) is 0. The van der Waals surface area contributed by atoms with Crippen LogP contribution in [-0.4, -0.2) is 15.2 Å². The number of nitrogens with one attached hydrogen (secondary N) is 1. The van der Waals surface area contributed by atoms with Crippen LogP contribution in [0.25, 0.3) is 10.8 Å². The Labute approximate surface area is 115 Å². The van der Waals surface area contributed by atoms with Crippen LogP contribution in [-0.2, 0) is 5.41 Å². The number of H-pyrrole nitrogens is 1. The van der Waals surface area contributed by atoms with E-state index in [2.05, 4.69) is 44.8 Å². The maximum absolute atomic E-state index is 5.40. The van der Waals surface area contributed by atoms with Gasteiger partial charge in [0.25, 0.3) is 10.7 Å². The normalized spacial score (nSPS) is 12.3.